The van der Waals surface area contributed by atoms with Crippen LogP contribution in [0.4, 0.5) is 13.2 Å². The average molecular weight is 408 g/mol. The van der Waals surface area contributed by atoms with Gasteiger partial charge in [0.05, 0.1) is 11.4 Å². The Hall–Kier alpha value is -3.63. The largest absolute Gasteiger partial charge is 0.573 e. The monoisotopic (exact) mass is 408 g/mol. The standard InChI is InChI=1S/C18H15F3N4O4/c1-10(11-2-5-13(6-3-11)29-18(19,20)21)22-16(27)9-25-17(28)14-8-12(26)4-7-15(14)23-24-25/h2-8,10,26H,9H2,1H3,(H,22,27)/t10-/m0/s1. The molecule has 1 aromatic heterocycles. The summed E-state index contributed by atoms with van der Waals surface area (Å²) in [4.78, 5) is 24.6. The van der Waals surface area contributed by atoms with Crippen molar-refractivity contribution in [1.82, 2.24) is 20.3 Å². The molecule has 152 valence electrons. The highest BCUT2D eigenvalue weighted by atomic mass is 19.4. The molecule has 3 aromatic rings. The van der Waals surface area contributed by atoms with Crippen molar-refractivity contribution in [2.75, 3.05) is 0 Å². The number of nitrogens with zero attached hydrogens (tertiary/aromatic N) is 3. The second-order valence-electron chi connectivity index (χ2n) is 6.16. The van der Waals surface area contributed by atoms with Crippen LogP contribution in [0.25, 0.3) is 10.9 Å². The lowest BCUT2D eigenvalue weighted by Gasteiger charge is -2.15. The molecular formula is C18H15F3N4O4. The predicted molar refractivity (Wildman–Crippen MR) is 95.1 cm³/mol. The third kappa shape index (κ3) is 5.00. The number of aromatic nitrogens is 3. The number of phenolic OH excluding ortho intramolecular Hbond substituents is 1. The second-order valence-corrected chi connectivity index (χ2v) is 6.16. The zero-order valence-corrected chi connectivity index (χ0v) is 15.0. The Labute approximate surface area is 161 Å². The minimum Gasteiger partial charge on any atom is -0.508 e. The number of fused-ring (bicyclic) bond motifs is 1. The molecule has 0 saturated heterocycles. The van der Waals surface area contributed by atoms with Crippen LogP contribution in [0.15, 0.2) is 47.3 Å². The summed E-state index contributed by atoms with van der Waals surface area (Å²) < 4.78 is 41.2. The number of halogens is 3. The van der Waals surface area contributed by atoms with Gasteiger partial charge < -0.3 is 15.2 Å². The number of aromatic hydroxyl groups is 1. The molecule has 0 spiro atoms. The van der Waals surface area contributed by atoms with Gasteiger partial charge in [-0.1, -0.05) is 17.3 Å². The first-order valence-corrected chi connectivity index (χ1v) is 8.34. The number of carbonyl (C=O) groups is 1. The van der Waals surface area contributed by atoms with Gasteiger partial charge in [0.1, 0.15) is 23.6 Å². The molecule has 11 heteroatoms. The molecule has 0 saturated carbocycles. The van der Waals surface area contributed by atoms with E-state index < -0.39 is 30.4 Å². The molecule has 0 fully saturated rings. The molecule has 2 N–H and O–H groups in total. The third-order valence-corrected chi connectivity index (χ3v) is 3.99. The van der Waals surface area contributed by atoms with E-state index in [1.807, 2.05) is 0 Å². The van der Waals surface area contributed by atoms with Crippen LogP contribution < -0.4 is 15.6 Å². The van der Waals surface area contributed by atoms with Crippen LogP contribution in [0, 0.1) is 0 Å². The van der Waals surface area contributed by atoms with Crippen LogP contribution in [-0.4, -0.2) is 32.4 Å². The summed E-state index contributed by atoms with van der Waals surface area (Å²) in [5.41, 5.74) is 0.219. The number of phenols is 1. The number of hydrogen-bond donors (Lipinski definition) is 2. The lowest BCUT2D eigenvalue weighted by Crippen LogP contribution is -2.35. The fourth-order valence-electron chi connectivity index (χ4n) is 2.63. The Morgan fingerprint density at radius 2 is 1.93 bits per heavy atom. The average Bonchev–Trinajstić information content (AvgIpc) is 2.63. The minimum atomic E-state index is -4.79. The number of hydrogen-bond acceptors (Lipinski definition) is 6. The summed E-state index contributed by atoms with van der Waals surface area (Å²) in [6, 6.07) is 8.52. The van der Waals surface area contributed by atoms with Gasteiger partial charge in [-0.15, -0.1) is 18.3 Å². The van der Waals surface area contributed by atoms with Crippen molar-refractivity contribution < 1.29 is 27.8 Å². The maximum atomic E-state index is 12.4. The normalized spacial score (nSPS) is 12.6. The van der Waals surface area contributed by atoms with Crippen LogP contribution in [0.1, 0.15) is 18.5 Å². The van der Waals surface area contributed by atoms with Crippen molar-refractivity contribution in [3.8, 4) is 11.5 Å². The molecule has 3 rings (SSSR count). The van der Waals surface area contributed by atoms with Crippen molar-refractivity contribution >= 4 is 16.8 Å². The van der Waals surface area contributed by atoms with Crippen molar-refractivity contribution in [3.63, 3.8) is 0 Å². The molecule has 1 amide bonds. The van der Waals surface area contributed by atoms with E-state index in [2.05, 4.69) is 20.4 Å². The highest BCUT2D eigenvalue weighted by Gasteiger charge is 2.31. The first-order valence-electron chi connectivity index (χ1n) is 8.34. The molecule has 0 aliphatic rings. The van der Waals surface area contributed by atoms with Crippen molar-refractivity contribution in [1.29, 1.82) is 0 Å². The number of rotatable bonds is 5. The Kier molecular flexibility index (Phi) is 5.39. The number of amides is 1. The molecule has 0 bridgehead atoms. The molecule has 0 unspecified atom stereocenters. The van der Waals surface area contributed by atoms with E-state index in [9.17, 15) is 27.9 Å². The van der Waals surface area contributed by atoms with Gasteiger partial charge in [0.15, 0.2) is 0 Å². The Balaban J connectivity index is 1.68. The van der Waals surface area contributed by atoms with E-state index >= 15 is 0 Å². The highest BCUT2D eigenvalue weighted by molar-refractivity contribution is 5.79. The molecular weight excluding hydrogens is 393 g/mol. The number of alkyl halides is 3. The van der Waals surface area contributed by atoms with Gasteiger partial charge in [0.2, 0.25) is 5.91 Å². The fraction of sp³-hybridized carbons (Fsp3) is 0.222. The van der Waals surface area contributed by atoms with Gasteiger partial charge >= 0.3 is 6.36 Å². The van der Waals surface area contributed by atoms with Gasteiger partial charge in [0, 0.05) is 0 Å². The van der Waals surface area contributed by atoms with Gasteiger partial charge in [-0.25, -0.2) is 4.68 Å². The first-order chi connectivity index (χ1) is 13.6. The van der Waals surface area contributed by atoms with Crippen LogP contribution >= 0.6 is 0 Å². The molecule has 8 nitrogen and oxygen atoms in total. The fourth-order valence-corrected chi connectivity index (χ4v) is 2.63. The number of nitrogens with one attached hydrogen (secondary N) is 1. The number of ether oxygens (including phenoxy) is 1. The molecule has 29 heavy (non-hydrogen) atoms. The van der Waals surface area contributed by atoms with Crippen molar-refractivity contribution in [3.05, 3.63) is 58.4 Å². The Morgan fingerprint density at radius 1 is 1.24 bits per heavy atom. The van der Waals surface area contributed by atoms with Crippen molar-refractivity contribution in [2.24, 2.45) is 0 Å². The lowest BCUT2D eigenvalue weighted by atomic mass is 10.1. The second kappa shape index (κ2) is 7.78. The van der Waals surface area contributed by atoms with E-state index in [1.54, 1.807) is 6.92 Å². The van der Waals surface area contributed by atoms with Crippen LogP contribution in [0.5, 0.6) is 11.5 Å². The van der Waals surface area contributed by atoms with E-state index in [1.165, 1.54) is 30.3 Å². The molecule has 0 radical (unpaired) electrons. The number of carbonyl (C=O) groups excluding carboxylic acids is 1. The number of benzene rings is 2. The Bertz CT molecular complexity index is 1100. The van der Waals surface area contributed by atoms with Crippen molar-refractivity contribution in [2.45, 2.75) is 25.9 Å². The molecule has 1 heterocycles. The predicted octanol–water partition coefficient (Wildman–Crippen LogP) is 2.27. The topological polar surface area (TPSA) is 106 Å². The summed E-state index contributed by atoms with van der Waals surface area (Å²) in [5, 5.41) is 19.8. The van der Waals surface area contributed by atoms with Gasteiger partial charge in [-0.2, -0.15) is 0 Å². The zero-order chi connectivity index (χ0) is 21.2. The quantitative estimate of drug-likeness (QED) is 0.671. The van der Waals surface area contributed by atoms with E-state index in [4.69, 9.17) is 0 Å². The first kappa shape index (κ1) is 20.1. The van der Waals surface area contributed by atoms with Gasteiger partial charge in [-0.05, 0) is 42.8 Å². The van der Waals surface area contributed by atoms with Gasteiger partial charge in [-0.3, -0.25) is 9.59 Å². The summed E-state index contributed by atoms with van der Waals surface area (Å²) in [6.45, 7) is 1.21. The van der Waals surface area contributed by atoms with Crippen LogP contribution in [0.2, 0.25) is 0 Å². The summed E-state index contributed by atoms with van der Waals surface area (Å²) in [7, 11) is 0. The summed E-state index contributed by atoms with van der Waals surface area (Å²) >= 11 is 0. The maximum absolute atomic E-state index is 12.4. The summed E-state index contributed by atoms with van der Waals surface area (Å²) in [6.07, 6.45) is -4.79. The zero-order valence-electron chi connectivity index (χ0n) is 15.0. The molecule has 0 aliphatic heterocycles. The van der Waals surface area contributed by atoms with Gasteiger partial charge in [0.25, 0.3) is 5.56 Å². The molecule has 2 aromatic carbocycles. The minimum absolute atomic E-state index is 0.112. The highest BCUT2D eigenvalue weighted by Crippen LogP contribution is 2.24. The lowest BCUT2D eigenvalue weighted by molar-refractivity contribution is -0.274. The van der Waals surface area contributed by atoms with E-state index in [0.29, 0.717) is 5.56 Å². The SMILES string of the molecule is C[C@H](NC(=O)Cn1nnc2ccc(O)cc2c1=O)c1ccc(OC(F)(F)F)cc1. The maximum Gasteiger partial charge on any atom is 0.573 e. The Morgan fingerprint density at radius 3 is 2.59 bits per heavy atom. The van der Waals surface area contributed by atoms with E-state index in [0.717, 1.165) is 16.8 Å². The van der Waals surface area contributed by atoms with E-state index in [-0.39, 0.29) is 22.4 Å². The van der Waals surface area contributed by atoms with Crippen LogP contribution in [0.3, 0.4) is 0 Å². The summed E-state index contributed by atoms with van der Waals surface area (Å²) in [5.74, 6) is -1.05. The molecule has 0 aliphatic carbocycles. The smallest absolute Gasteiger partial charge is 0.508 e. The third-order valence-electron chi connectivity index (χ3n) is 3.99. The van der Waals surface area contributed by atoms with Crippen LogP contribution in [-0.2, 0) is 11.3 Å². The molecule has 1 atom stereocenters.